The lowest BCUT2D eigenvalue weighted by atomic mass is 10.0. The highest BCUT2D eigenvalue weighted by atomic mass is 127. The standard InChI is InChI=1S/C35H42IN3O7S2/c1-6-48(42)23-24-10-11-31(29(20-24)30-22-37(5)33(40)32-28(30)14-17-39(32)47-36)45-27-9-7-8-26(21-27)44-19-18-43-25-12-15-38(16-13-25)34(41)46-35(2,3)4/h7-11,14,17,20-22,25H,6,12-13,15-16,18-19,23H2,1-5H3. The summed E-state index contributed by atoms with van der Waals surface area (Å²) in [6.45, 7) is 9.52. The van der Waals surface area contributed by atoms with E-state index in [1.165, 1.54) is 9.12 Å². The Kier molecular flexibility index (Phi) is 12.2. The highest BCUT2D eigenvalue weighted by molar-refractivity contribution is 14.2. The summed E-state index contributed by atoms with van der Waals surface area (Å²) in [6.07, 6.45) is 5.01. The Morgan fingerprint density at radius 1 is 1.04 bits per heavy atom. The minimum Gasteiger partial charge on any atom is -0.491 e. The maximum absolute atomic E-state index is 13.1. The number of hydrogen-bond donors (Lipinski definition) is 0. The molecule has 258 valence electrons. The number of pyridine rings is 1. The molecule has 1 fully saturated rings. The second-order valence-corrected chi connectivity index (χ2v) is 16.1. The summed E-state index contributed by atoms with van der Waals surface area (Å²) in [5.41, 5.74) is 2.56. The quantitative estimate of drug-likeness (QED) is 0.106. The average molecular weight is 808 g/mol. The van der Waals surface area contributed by atoms with Crippen molar-refractivity contribution in [3.8, 4) is 28.4 Å². The number of aryl methyl sites for hydroxylation is 1. The number of carbonyl (C=O) groups excluding carboxylic acids is 1. The van der Waals surface area contributed by atoms with Crippen LogP contribution in [0.15, 0.2) is 65.7 Å². The van der Waals surface area contributed by atoms with E-state index in [4.69, 9.17) is 18.9 Å². The van der Waals surface area contributed by atoms with E-state index >= 15 is 0 Å². The fraction of sp³-hybridized carbons (Fsp3) is 0.429. The second-order valence-electron chi connectivity index (χ2n) is 12.6. The summed E-state index contributed by atoms with van der Waals surface area (Å²) < 4.78 is 39.9. The van der Waals surface area contributed by atoms with Crippen LogP contribution in [0.5, 0.6) is 17.2 Å². The number of likely N-dealkylation sites (tertiary alicyclic amines) is 1. The highest BCUT2D eigenvalue weighted by Crippen LogP contribution is 2.39. The van der Waals surface area contributed by atoms with Crippen LogP contribution in [-0.4, -0.2) is 67.5 Å². The summed E-state index contributed by atoms with van der Waals surface area (Å²) in [6, 6.07) is 15.2. The van der Waals surface area contributed by atoms with Crippen LogP contribution in [0.1, 0.15) is 46.1 Å². The molecule has 1 aliphatic rings. The van der Waals surface area contributed by atoms with E-state index < -0.39 is 16.4 Å². The Bertz CT molecular complexity index is 1830. The Hall–Kier alpha value is -3.01. The van der Waals surface area contributed by atoms with Crippen LogP contribution in [0.4, 0.5) is 4.79 Å². The Balaban J connectivity index is 1.27. The summed E-state index contributed by atoms with van der Waals surface area (Å²) in [5, 5.41) is 0.813. The fourth-order valence-electron chi connectivity index (χ4n) is 5.52. The van der Waals surface area contributed by atoms with Gasteiger partial charge in [-0.25, -0.2) is 4.79 Å². The van der Waals surface area contributed by atoms with Gasteiger partial charge in [0.1, 0.15) is 35.0 Å². The van der Waals surface area contributed by atoms with Crippen molar-refractivity contribution in [3.05, 3.63) is 76.8 Å². The molecule has 0 spiro atoms. The minimum absolute atomic E-state index is 0.0643. The molecule has 4 aromatic rings. The zero-order chi connectivity index (χ0) is 34.4. The van der Waals surface area contributed by atoms with Gasteiger partial charge >= 0.3 is 6.09 Å². The smallest absolute Gasteiger partial charge is 0.410 e. The molecular formula is C35H42IN3O7S2. The van der Waals surface area contributed by atoms with Crippen LogP contribution in [0, 0.1) is 0 Å². The predicted octanol–water partition coefficient (Wildman–Crippen LogP) is 7.71. The number of nitrogens with zero attached hydrogens (tertiary/aromatic N) is 3. The van der Waals surface area contributed by atoms with Crippen molar-refractivity contribution in [1.82, 2.24) is 13.4 Å². The van der Waals surface area contributed by atoms with Crippen LogP contribution in [0.3, 0.4) is 0 Å². The first-order valence-corrected chi connectivity index (χ1v) is 20.7. The first kappa shape index (κ1) is 36.3. The van der Waals surface area contributed by atoms with Gasteiger partial charge in [-0.15, -0.1) is 0 Å². The van der Waals surface area contributed by atoms with E-state index in [-0.39, 0.29) is 17.8 Å². The van der Waals surface area contributed by atoms with Crippen molar-refractivity contribution >= 4 is 58.1 Å². The van der Waals surface area contributed by atoms with Crippen molar-refractivity contribution in [2.75, 3.05) is 32.1 Å². The van der Waals surface area contributed by atoms with Crippen molar-refractivity contribution in [2.45, 2.75) is 58.0 Å². The maximum atomic E-state index is 13.1. The minimum atomic E-state index is -0.988. The Labute approximate surface area is 300 Å². The van der Waals surface area contributed by atoms with Gasteiger partial charge in [-0.2, -0.15) is 0 Å². The van der Waals surface area contributed by atoms with Crippen LogP contribution in [0.2, 0.25) is 0 Å². The molecule has 0 saturated carbocycles. The Morgan fingerprint density at radius 2 is 1.79 bits per heavy atom. The normalized spacial score (nSPS) is 14.7. The molecule has 0 bridgehead atoms. The fourth-order valence-corrected chi connectivity index (χ4v) is 7.61. The zero-order valence-electron chi connectivity index (χ0n) is 27.9. The number of fused-ring (bicyclic) bond motifs is 1. The van der Waals surface area contributed by atoms with Gasteiger partial charge in [0.15, 0.2) is 0 Å². The topological polar surface area (TPSA) is 101 Å². The Morgan fingerprint density at radius 3 is 2.50 bits per heavy atom. The van der Waals surface area contributed by atoms with Crippen molar-refractivity contribution in [2.24, 2.45) is 7.05 Å². The predicted molar refractivity (Wildman–Crippen MR) is 201 cm³/mol. The molecule has 1 saturated heterocycles. The van der Waals surface area contributed by atoms with Crippen LogP contribution in [-0.2, 0) is 33.1 Å². The number of hydrogen-bond acceptors (Lipinski definition) is 8. The van der Waals surface area contributed by atoms with E-state index in [9.17, 15) is 13.8 Å². The molecule has 13 heteroatoms. The van der Waals surface area contributed by atoms with Crippen molar-refractivity contribution < 1.29 is 28.0 Å². The SMILES string of the molecule is CCS(=O)Cc1ccc(Oc2cccc(OCCOC3CCN(C(=O)OC(C)(C)C)CC3)c2)c(-c2cn(C)c(=O)c3c2ccn3SI)c1. The zero-order valence-corrected chi connectivity index (χ0v) is 31.7. The molecule has 1 atom stereocenters. The summed E-state index contributed by atoms with van der Waals surface area (Å²) in [7, 11) is 2.19. The molecule has 0 aliphatic carbocycles. The monoisotopic (exact) mass is 807 g/mol. The van der Waals surface area contributed by atoms with E-state index in [2.05, 4.69) is 21.2 Å². The molecule has 5 rings (SSSR count). The number of ether oxygens (including phenoxy) is 4. The lowest BCUT2D eigenvalue weighted by Gasteiger charge is -2.33. The molecular weight excluding hydrogens is 765 g/mol. The van der Waals surface area contributed by atoms with Gasteiger partial charge in [0.05, 0.1) is 12.7 Å². The molecule has 10 nitrogen and oxygen atoms in total. The van der Waals surface area contributed by atoms with Crippen molar-refractivity contribution in [3.63, 3.8) is 0 Å². The molecule has 2 aromatic heterocycles. The number of amides is 1. The van der Waals surface area contributed by atoms with E-state index in [1.54, 1.807) is 16.5 Å². The molecule has 3 heterocycles. The molecule has 1 aliphatic heterocycles. The van der Waals surface area contributed by atoms with Gasteiger partial charge < -0.3 is 28.4 Å². The molecule has 0 radical (unpaired) electrons. The van der Waals surface area contributed by atoms with Crippen LogP contribution in [0.25, 0.3) is 22.0 Å². The van der Waals surface area contributed by atoms with Crippen LogP contribution >= 0.6 is 30.3 Å². The summed E-state index contributed by atoms with van der Waals surface area (Å²) >= 11 is 2.17. The average Bonchev–Trinajstić information content (AvgIpc) is 3.50. The molecule has 1 unspecified atom stereocenters. The van der Waals surface area contributed by atoms with E-state index in [0.717, 1.165) is 34.9 Å². The van der Waals surface area contributed by atoms with E-state index in [1.807, 2.05) is 92.6 Å². The number of rotatable bonds is 12. The maximum Gasteiger partial charge on any atom is 0.410 e. The van der Waals surface area contributed by atoms with Crippen molar-refractivity contribution in [1.29, 1.82) is 0 Å². The lowest BCUT2D eigenvalue weighted by Crippen LogP contribution is -2.43. The molecule has 2 aromatic carbocycles. The molecule has 48 heavy (non-hydrogen) atoms. The van der Waals surface area contributed by atoms with Gasteiger partial charge in [-0.05, 0) is 69.5 Å². The van der Waals surface area contributed by atoms with Gasteiger partial charge in [-0.3, -0.25) is 13.0 Å². The first-order chi connectivity index (χ1) is 23.0. The third-order valence-corrected chi connectivity index (χ3v) is 10.9. The molecule has 0 N–H and O–H groups in total. The van der Waals surface area contributed by atoms with Gasteiger partial charge in [0.2, 0.25) is 0 Å². The third-order valence-electron chi connectivity index (χ3n) is 7.88. The van der Waals surface area contributed by atoms with E-state index in [0.29, 0.717) is 60.6 Å². The number of piperidine rings is 1. The number of carbonyl (C=O) groups is 1. The molecule has 1 amide bonds. The highest BCUT2D eigenvalue weighted by Gasteiger charge is 2.27. The summed E-state index contributed by atoms with van der Waals surface area (Å²) in [5.74, 6) is 2.84. The number of halogens is 1. The first-order valence-electron chi connectivity index (χ1n) is 15.9. The van der Waals surface area contributed by atoms with Gasteiger partial charge in [0, 0.05) is 108 Å². The number of aromatic nitrogens is 2. The summed E-state index contributed by atoms with van der Waals surface area (Å²) in [4.78, 5) is 27.2. The van der Waals surface area contributed by atoms with Gasteiger partial charge in [-0.1, -0.05) is 19.1 Å². The van der Waals surface area contributed by atoms with Crippen LogP contribution < -0.4 is 15.0 Å². The number of benzene rings is 2. The third kappa shape index (κ3) is 9.16. The largest absolute Gasteiger partial charge is 0.491 e. The second kappa shape index (κ2) is 16.1. The lowest BCUT2D eigenvalue weighted by molar-refractivity contribution is -0.0177. The van der Waals surface area contributed by atoms with Gasteiger partial charge in [0.25, 0.3) is 5.56 Å².